The van der Waals surface area contributed by atoms with Gasteiger partial charge in [-0.15, -0.1) is 0 Å². The van der Waals surface area contributed by atoms with Gasteiger partial charge in [0.15, 0.2) is 5.71 Å². The number of allylic oxidation sites excluding steroid dienone is 1. The molecule has 1 aromatic heterocycles. The van der Waals surface area contributed by atoms with E-state index in [4.69, 9.17) is 4.42 Å². The van der Waals surface area contributed by atoms with Crippen LogP contribution in [0.4, 0.5) is 5.69 Å². The molecule has 3 aromatic carbocycles. The van der Waals surface area contributed by atoms with Crippen LogP contribution in [0.2, 0.25) is 0 Å². The minimum Gasteiger partial charge on any atom is -0.384 e. The molecule has 2 heterocycles. The Kier molecular flexibility index (Phi) is 5.25. The number of fused-ring (bicyclic) bond motifs is 2. The van der Waals surface area contributed by atoms with E-state index in [-0.39, 0.29) is 5.41 Å². The number of hydrogen-bond donors (Lipinski definition) is 2. The van der Waals surface area contributed by atoms with Crippen LogP contribution in [0.15, 0.2) is 107 Å². The highest BCUT2D eigenvalue weighted by molar-refractivity contribution is 6.04. The summed E-state index contributed by atoms with van der Waals surface area (Å²) in [5, 5.41) is 23.2. The van der Waals surface area contributed by atoms with E-state index in [1.807, 2.05) is 85.9 Å². The molecular formula is C32H29NO3+2. The summed E-state index contributed by atoms with van der Waals surface area (Å²) < 4.78 is 8.33. The molecule has 178 valence electrons. The minimum absolute atomic E-state index is 0.223. The standard InChI is InChI=1S/C32H29NO3/c1-32(2)25-14-8-9-15-26(25)33(3)29(32)19-24-30(34)23(31(24)35)17-21-18-28(20-11-5-4-6-12-20)36-27-16-10-7-13-22(21)27/h4-19,30-31,34-35H,1-3H3/q+2. The van der Waals surface area contributed by atoms with Gasteiger partial charge in [-0.05, 0) is 43.7 Å². The summed E-state index contributed by atoms with van der Waals surface area (Å²) in [5.74, 6) is 0.739. The van der Waals surface area contributed by atoms with Crippen LogP contribution in [-0.2, 0) is 5.41 Å². The Morgan fingerprint density at radius 1 is 0.806 bits per heavy atom. The molecule has 1 fully saturated rings. The van der Waals surface area contributed by atoms with Gasteiger partial charge in [-0.1, -0.05) is 48.5 Å². The largest absolute Gasteiger partial charge is 0.384 e. The van der Waals surface area contributed by atoms with E-state index >= 15 is 0 Å². The molecule has 1 aliphatic carbocycles. The number of hydrogen-bond acceptors (Lipinski definition) is 2. The molecule has 4 nitrogen and oxygen atoms in total. The average molecular weight is 476 g/mol. The van der Waals surface area contributed by atoms with Crippen molar-refractivity contribution in [3.63, 3.8) is 0 Å². The molecule has 6 rings (SSSR count). The maximum Gasteiger partial charge on any atom is 0.361 e. The predicted octanol–water partition coefficient (Wildman–Crippen LogP) is 6.13. The van der Waals surface area contributed by atoms with Gasteiger partial charge >= 0.3 is 11.3 Å². The van der Waals surface area contributed by atoms with E-state index < -0.39 is 12.2 Å². The third-order valence-electron chi connectivity index (χ3n) is 7.59. The van der Waals surface area contributed by atoms with Gasteiger partial charge in [0.1, 0.15) is 19.3 Å². The van der Waals surface area contributed by atoms with Crippen molar-refractivity contribution in [1.82, 2.24) is 0 Å². The molecule has 0 radical (unpaired) electrons. The molecule has 1 aliphatic heterocycles. The zero-order chi connectivity index (χ0) is 25.0. The second-order valence-electron chi connectivity index (χ2n) is 10.1. The first-order valence-electron chi connectivity index (χ1n) is 12.3. The van der Waals surface area contributed by atoms with Crippen molar-refractivity contribution in [3.8, 4) is 11.3 Å². The van der Waals surface area contributed by atoms with Crippen LogP contribution >= 0.6 is 0 Å². The fraction of sp³-hybridized carbons (Fsp3) is 0.188. The van der Waals surface area contributed by atoms with Crippen LogP contribution in [0.25, 0.3) is 28.4 Å². The maximum atomic E-state index is 11.1. The van der Waals surface area contributed by atoms with Crippen LogP contribution in [0.5, 0.6) is 0 Å². The number of nitrogens with zero attached hydrogens (tertiary/aromatic N) is 1. The van der Waals surface area contributed by atoms with Gasteiger partial charge in [0.25, 0.3) is 0 Å². The van der Waals surface area contributed by atoms with Crippen LogP contribution in [0, 0.1) is 0 Å². The molecule has 2 N–H and O–H groups in total. The molecule has 0 bridgehead atoms. The second-order valence-corrected chi connectivity index (χ2v) is 10.1. The number of aliphatic hydroxyl groups excluding tert-OH is 2. The van der Waals surface area contributed by atoms with E-state index in [2.05, 4.69) is 36.6 Å². The zero-order valence-corrected chi connectivity index (χ0v) is 20.6. The van der Waals surface area contributed by atoms with E-state index in [1.54, 1.807) is 0 Å². The summed E-state index contributed by atoms with van der Waals surface area (Å²) in [6, 6.07) is 28.1. The molecule has 1 saturated carbocycles. The summed E-state index contributed by atoms with van der Waals surface area (Å²) in [6.45, 7) is 4.36. The third-order valence-corrected chi connectivity index (χ3v) is 7.59. The van der Waals surface area contributed by atoms with Gasteiger partial charge in [-0.25, -0.2) is 4.42 Å². The van der Waals surface area contributed by atoms with E-state index in [0.29, 0.717) is 11.1 Å². The summed E-state index contributed by atoms with van der Waals surface area (Å²) in [5.41, 5.74) is 7.08. The average Bonchev–Trinajstić information content (AvgIpc) is 3.10. The Bertz CT molecular complexity index is 1580. The van der Waals surface area contributed by atoms with E-state index in [1.165, 1.54) is 5.56 Å². The molecule has 36 heavy (non-hydrogen) atoms. The van der Waals surface area contributed by atoms with Crippen LogP contribution in [0.1, 0.15) is 25.0 Å². The summed E-state index contributed by atoms with van der Waals surface area (Å²) in [7, 11) is 2.04. The summed E-state index contributed by atoms with van der Waals surface area (Å²) in [4.78, 5) is 0. The van der Waals surface area contributed by atoms with Crippen molar-refractivity contribution in [2.45, 2.75) is 31.5 Å². The molecule has 0 spiro atoms. The molecule has 0 saturated heterocycles. The zero-order valence-electron chi connectivity index (χ0n) is 20.6. The Balaban J connectivity index is 1.40. The monoisotopic (exact) mass is 475 g/mol. The lowest BCUT2D eigenvalue weighted by Gasteiger charge is -2.35. The first-order valence-corrected chi connectivity index (χ1v) is 12.3. The van der Waals surface area contributed by atoms with Crippen molar-refractivity contribution in [2.24, 2.45) is 0 Å². The fourth-order valence-corrected chi connectivity index (χ4v) is 5.52. The molecule has 4 aromatic rings. The maximum absolute atomic E-state index is 11.1. The smallest absolute Gasteiger partial charge is 0.361 e. The highest BCUT2D eigenvalue weighted by atomic mass is 16.3. The molecule has 4 heteroatoms. The quantitative estimate of drug-likeness (QED) is 0.277. The Hall–Kier alpha value is -3.86. The normalized spacial score (nSPS) is 20.4. The molecular weight excluding hydrogens is 446 g/mol. The summed E-state index contributed by atoms with van der Waals surface area (Å²) in [6.07, 6.45) is 2.20. The lowest BCUT2D eigenvalue weighted by Crippen LogP contribution is -2.42. The SMILES string of the molecule is C[N+]1=C(C=C2C(O)C(=Cc3cc(-c4ccccc4)[o+]c4ccccc34)C2O)C(C)(C)c2ccccc21. The van der Waals surface area contributed by atoms with Crippen LogP contribution in [-0.4, -0.2) is 39.8 Å². The van der Waals surface area contributed by atoms with Gasteiger partial charge in [0.05, 0.1) is 22.4 Å². The third kappa shape index (κ3) is 3.45. The lowest BCUT2D eigenvalue weighted by molar-refractivity contribution is -0.401. The topological polar surface area (TPSA) is 54.8 Å². The van der Waals surface area contributed by atoms with Gasteiger partial charge in [0.2, 0.25) is 5.69 Å². The molecule has 2 atom stereocenters. The van der Waals surface area contributed by atoms with Crippen LogP contribution < -0.4 is 0 Å². The molecule has 0 amide bonds. The van der Waals surface area contributed by atoms with Gasteiger partial charge < -0.3 is 10.2 Å². The van der Waals surface area contributed by atoms with E-state index in [0.717, 1.165) is 39.3 Å². The number of benzene rings is 3. The van der Waals surface area contributed by atoms with E-state index in [9.17, 15) is 10.2 Å². The number of rotatable bonds is 3. The number of aliphatic hydroxyl groups is 2. The van der Waals surface area contributed by atoms with Gasteiger partial charge in [-0.2, -0.15) is 4.58 Å². The molecule has 2 aliphatic rings. The predicted molar refractivity (Wildman–Crippen MR) is 144 cm³/mol. The Morgan fingerprint density at radius 3 is 2.19 bits per heavy atom. The van der Waals surface area contributed by atoms with Crippen molar-refractivity contribution in [2.75, 3.05) is 7.05 Å². The first-order chi connectivity index (χ1) is 17.4. The molecule has 2 unspecified atom stereocenters. The highest BCUT2D eigenvalue weighted by Gasteiger charge is 2.46. The van der Waals surface area contributed by atoms with Crippen molar-refractivity contribution < 1.29 is 19.2 Å². The highest BCUT2D eigenvalue weighted by Crippen LogP contribution is 2.42. The minimum atomic E-state index is -0.837. The lowest BCUT2D eigenvalue weighted by atomic mass is 9.74. The van der Waals surface area contributed by atoms with Crippen molar-refractivity contribution in [1.29, 1.82) is 0 Å². The van der Waals surface area contributed by atoms with Crippen LogP contribution in [0.3, 0.4) is 0 Å². The number of para-hydroxylation sites is 2. The summed E-state index contributed by atoms with van der Waals surface area (Å²) >= 11 is 0. The van der Waals surface area contributed by atoms with Crippen molar-refractivity contribution in [3.05, 3.63) is 113 Å². The van der Waals surface area contributed by atoms with Crippen molar-refractivity contribution >= 4 is 28.4 Å². The van der Waals surface area contributed by atoms with Gasteiger partial charge in [0, 0.05) is 34.9 Å². The van der Waals surface area contributed by atoms with Gasteiger partial charge in [-0.3, -0.25) is 0 Å². The fourth-order valence-electron chi connectivity index (χ4n) is 5.52. The first kappa shape index (κ1) is 22.6. The Morgan fingerprint density at radius 2 is 1.44 bits per heavy atom. The Labute approximate surface area is 210 Å². The second kappa shape index (κ2) is 8.37.